The summed E-state index contributed by atoms with van der Waals surface area (Å²) in [6, 6.07) is 1.41. The number of nitrogens with two attached hydrogens (primary N) is 1. The van der Waals surface area contributed by atoms with Crippen LogP contribution in [-0.4, -0.2) is 19.4 Å². The molecule has 18 heavy (non-hydrogen) atoms. The van der Waals surface area contributed by atoms with Gasteiger partial charge in [-0.25, -0.2) is 4.39 Å². The SMILES string of the molecule is COC(=O)C(N)c1cccc(OC(F)(F)F)c1F. The topological polar surface area (TPSA) is 61.5 Å². The second-order valence-corrected chi connectivity index (χ2v) is 3.21. The monoisotopic (exact) mass is 267 g/mol. The van der Waals surface area contributed by atoms with Crippen molar-refractivity contribution in [2.75, 3.05) is 7.11 Å². The number of hydrogen-bond acceptors (Lipinski definition) is 4. The van der Waals surface area contributed by atoms with Gasteiger partial charge in [0.05, 0.1) is 7.11 Å². The van der Waals surface area contributed by atoms with E-state index in [1.807, 2.05) is 0 Å². The zero-order valence-corrected chi connectivity index (χ0v) is 9.12. The first-order chi connectivity index (χ1) is 8.26. The van der Waals surface area contributed by atoms with E-state index in [0.29, 0.717) is 0 Å². The van der Waals surface area contributed by atoms with Crippen LogP contribution in [0.5, 0.6) is 5.75 Å². The Morgan fingerprint density at radius 3 is 2.50 bits per heavy atom. The van der Waals surface area contributed by atoms with E-state index in [4.69, 9.17) is 5.73 Å². The molecular weight excluding hydrogens is 258 g/mol. The summed E-state index contributed by atoms with van der Waals surface area (Å²) in [4.78, 5) is 11.1. The molecular formula is C10H9F4NO3. The van der Waals surface area contributed by atoms with Crippen molar-refractivity contribution in [1.82, 2.24) is 0 Å². The minimum Gasteiger partial charge on any atom is -0.468 e. The highest BCUT2D eigenvalue weighted by atomic mass is 19.4. The zero-order chi connectivity index (χ0) is 13.9. The van der Waals surface area contributed by atoms with Crippen LogP contribution >= 0.6 is 0 Å². The molecule has 2 N–H and O–H groups in total. The van der Waals surface area contributed by atoms with Crippen molar-refractivity contribution in [3.63, 3.8) is 0 Å². The lowest BCUT2D eigenvalue weighted by atomic mass is 10.1. The maximum absolute atomic E-state index is 13.6. The zero-order valence-electron chi connectivity index (χ0n) is 9.12. The van der Waals surface area contributed by atoms with Crippen LogP contribution in [0.1, 0.15) is 11.6 Å². The molecule has 1 rings (SSSR count). The van der Waals surface area contributed by atoms with Crippen LogP contribution in [-0.2, 0) is 9.53 Å². The lowest BCUT2D eigenvalue weighted by Gasteiger charge is -2.14. The highest BCUT2D eigenvalue weighted by molar-refractivity contribution is 5.77. The number of carbonyl (C=O) groups is 1. The smallest absolute Gasteiger partial charge is 0.468 e. The van der Waals surface area contributed by atoms with Crippen molar-refractivity contribution in [2.24, 2.45) is 5.73 Å². The average Bonchev–Trinajstić information content (AvgIpc) is 2.28. The Hall–Kier alpha value is -1.83. The molecule has 4 nitrogen and oxygen atoms in total. The fraction of sp³-hybridized carbons (Fsp3) is 0.300. The Labute approximate surface area is 99.3 Å². The summed E-state index contributed by atoms with van der Waals surface area (Å²) in [6.07, 6.45) is -5.03. The Kier molecular flexibility index (Phi) is 4.12. The van der Waals surface area contributed by atoms with Crippen LogP contribution in [0.25, 0.3) is 0 Å². The number of alkyl halides is 3. The third-order valence-corrected chi connectivity index (χ3v) is 2.01. The van der Waals surface area contributed by atoms with Gasteiger partial charge in [0.15, 0.2) is 11.6 Å². The Bertz CT molecular complexity index is 447. The van der Waals surface area contributed by atoms with Crippen LogP contribution in [0.4, 0.5) is 17.6 Å². The molecule has 8 heteroatoms. The Morgan fingerprint density at radius 1 is 1.39 bits per heavy atom. The lowest BCUT2D eigenvalue weighted by molar-refractivity contribution is -0.275. The van der Waals surface area contributed by atoms with Crippen LogP contribution in [0.2, 0.25) is 0 Å². The molecule has 0 fully saturated rings. The normalized spacial score (nSPS) is 13.0. The molecule has 0 saturated heterocycles. The molecule has 0 spiro atoms. The molecule has 0 aliphatic heterocycles. The van der Waals surface area contributed by atoms with Crippen LogP contribution in [0.3, 0.4) is 0 Å². The maximum atomic E-state index is 13.6. The Balaban J connectivity index is 3.09. The molecule has 0 saturated carbocycles. The molecule has 1 aromatic carbocycles. The summed E-state index contributed by atoms with van der Waals surface area (Å²) >= 11 is 0. The van der Waals surface area contributed by atoms with E-state index in [0.717, 1.165) is 25.3 Å². The van der Waals surface area contributed by atoms with E-state index in [-0.39, 0.29) is 0 Å². The number of halogens is 4. The van der Waals surface area contributed by atoms with E-state index < -0.39 is 35.5 Å². The van der Waals surface area contributed by atoms with E-state index in [2.05, 4.69) is 9.47 Å². The molecule has 0 bridgehead atoms. The van der Waals surface area contributed by atoms with E-state index in [1.165, 1.54) is 0 Å². The average molecular weight is 267 g/mol. The van der Waals surface area contributed by atoms with Crippen molar-refractivity contribution >= 4 is 5.97 Å². The van der Waals surface area contributed by atoms with E-state index >= 15 is 0 Å². The molecule has 1 aromatic rings. The van der Waals surface area contributed by atoms with Crippen molar-refractivity contribution in [3.05, 3.63) is 29.6 Å². The number of benzene rings is 1. The first-order valence-electron chi connectivity index (χ1n) is 4.64. The van der Waals surface area contributed by atoms with Crippen LogP contribution in [0.15, 0.2) is 18.2 Å². The molecule has 0 heterocycles. The fourth-order valence-electron chi connectivity index (χ4n) is 1.23. The van der Waals surface area contributed by atoms with Gasteiger partial charge in [-0.3, -0.25) is 4.79 Å². The van der Waals surface area contributed by atoms with Gasteiger partial charge in [0.25, 0.3) is 0 Å². The van der Waals surface area contributed by atoms with Gasteiger partial charge >= 0.3 is 12.3 Å². The molecule has 0 radical (unpaired) electrons. The predicted octanol–water partition coefficient (Wildman–Crippen LogP) is 1.90. The van der Waals surface area contributed by atoms with Gasteiger partial charge in [0, 0.05) is 5.56 Å². The number of carbonyl (C=O) groups excluding carboxylic acids is 1. The standard InChI is InChI=1S/C10H9F4NO3/c1-17-9(16)8(15)5-3-2-4-6(7(5)11)18-10(12,13)14/h2-4,8H,15H2,1H3. The lowest BCUT2D eigenvalue weighted by Crippen LogP contribution is -2.24. The number of esters is 1. The predicted molar refractivity (Wildman–Crippen MR) is 52.0 cm³/mol. The van der Waals surface area contributed by atoms with Crippen LogP contribution in [0, 0.1) is 5.82 Å². The summed E-state index contributed by atoms with van der Waals surface area (Å²) in [5.74, 6) is -3.38. The van der Waals surface area contributed by atoms with Crippen molar-refractivity contribution in [1.29, 1.82) is 0 Å². The van der Waals surface area contributed by atoms with Crippen molar-refractivity contribution in [2.45, 2.75) is 12.4 Å². The first kappa shape index (κ1) is 14.2. The third-order valence-electron chi connectivity index (χ3n) is 2.01. The molecule has 100 valence electrons. The molecule has 0 amide bonds. The Morgan fingerprint density at radius 2 is 2.00 bits per heavy atom. The van der Waals surface area contributed by atoms with Gasteiger partial charge in [-0.05, 0) is 6.07 Å². The first-order valence-corrected chi connectivity index (χ1v) is 4.64. The summed E-state index contributed by atoms with van der Waals surface area (Å²) in [5.41, 5.74) is 4.89. The molecule has 0 aliphatic carbocycles. The third kappa shape index (κ3) is 3.33. The number of ether oxygens (including phenoxy) is 2. The highest BCUT2D eigenvalue weighted by Crippen LogP contribution is 2.29. The maximum Gasteiger partial charge on any atom is 0.573 e. The largest absolute Gasteiger partial charge is 0.573 e. The molecule has 0 aromatic heterocycles. The minimum absolute atomic E-state index is 0.441. The number of hydrogen-bond donors (Lipinski definition) is 1. The summed E-state index contributed by atoms with van der Waals surface area (Å²) in [5, 5.41) is 0. The second-order valence-electron chi connectivity index (χ2n) is 3.21. The van der Waals surface area contributed by atoms with Crippen molar-refractivity contribution < 1.29 is 31.8 Å². The van der Waals surface area contributed by atoms with Gasteiger partial charge in [-0.15, -0.1) is 13.2 Å². The number of methoxy groups -OCH3 is 1. The second kappa shape index (κ2) is 5.21. The van der Waals surface area contributed by atoms with Crippen LogP contribution < -0.4 is 10.5 Å². The molecule has 1 atom stereocenters. The summed E-state index contributed by atoms with van der Waals surface area (Å²) in [7, 11) is 1.02. The van der Waals surface area contributed by atoms with Gasteiger partial charge in [-0.2, -0.15) is 0 Å². The van der Waals surface area contributed by atoms with Gasteiger partial charge < -0.3 is 15.2 Å². The van der Waals surface area contributed by atoms with Gasteiger partial charge in [-0.1, -0.05) is 12.1 Å². The van der Waals surface area contributed by atoms with Crippen molar-refractivity contribution in [3.8, 4) is 5.75 Å². The van der Waals surface area contributed by atoms with E-state index in [1.54, 1.807) is 0 Å². The fourth-order valence-corrected chi connectivity index (χ4v) is 1.23. The molecule has 1 unspecified atom stereocenters. The quantitative estimate of drug-likeness (QED) is 0.671. The number of rotatable bonds is 3. The van der Waals surface area contributed by atoms with Gasteiger partial charge in [0.2, 0.25) is 0 Å². The minimum atomic E-state index is -5.03. The van der Waals surface area contributed by atoms with E-state index in [9.17, 15) is 22.4 Å². The molecule has 0 aliphatic rings. The summed E-state index contributed by atoms with van der Waals surface area (Å²) < 4.78 is 57.3. The summed E-state index contributed by atoms with van der Waals surface area (Å²) in [6.45, 7) is 0. The highest BCUT2D eigenvalue weighted by Gasteiger charge is 2.33. The van der Waals surface area contributed by atoms with Gasteiger partial charge in [0.1, 0.15) is 6.04 Å².